The van der Waals surface area contributed by atoms with E-state index < -0.39 is 9.84 Å². The van der Waals surface area contributed by atoms with E-state index in [1.165, 1.54) is 18.4 Å². The average Bonchev–Trinajstić information content (AvgIpc) is 2.92. The summed E-state index contributed by atoms with van der Waals surface area (Å²) in [5, 5.41) is 6.22. The minimum atomic E-state index is -3.19. The summed E-state index contributed by atoms with van der Waals surface area (Å²) in [6.07, 6.45) is 1.17. The number of aliphatic imine (C=N–C) groups is 1. The van der Waals surface area contributed by atoms with Gasteiger partial charge in [0.05, 0.1) is 23.7 Å². The van der Waals surface area contributed by atoms with Crippen LogP contribution < -0.4 is 15.4 Å². The Kier molecular flexibility index (Phi) is 6.62. The van der Waals surface area contributed by atoms with Crippen LogP contribution >= 0.6 is 0 Å². The van der Waals surface area contributed by atoms with Gasteiger partial charge < -0.3 is 19.8 Å². The van der Waals surface area contributed by atoms with Crippen LogP contribution in [0.25, 0.3) is 0 Å². The number of rotatable bonds is 7. The van der Waals surface area contributed by atoms with Crippen molar-refractivity contribution in [3.8, 4) is 5.75 Å². The van der Waals surface area contributed by atoms with Gasteiger partial charge in [0.2, 0.25) is 5.89 Å². The number of hydrogen-bond donors (Lipinski definition) is 2. The third-order valence-corrected chi connectivity index (χ3v) is 4.75. The topological polar surface area (TPSA) is 106 Å². The van der Waals surface area contributed by atoms with Crippen molar-refractivity contribution in [2.75, 3.05) is 26.5 Å². The molecule has 9 heteroatoms. The fourth-order valence-electron chi connectivity index (χ4n) is 2.12. The first kappa shape index (κ1) is 19.8. The fraction of sp³-hybridized carbons (Fsp3) is 0.412. The Morgan fingerprint density at radius 2 is 1.92 bits per heavy atom. The lowest BCUT2D eigenvalue weighted by Gasteiger charge is -2.11. The summed E-state index contributed by atoms with van der Waals surface area (Å²) in [6, 6.07) is 6.32. The number of nitrogens with zero attached hydrogens (tertiary/aromatic N) is 2. The molecule has 142 valence electrons. The van der Waals surface area contributed by atoms with Gasteiger partial charge in [-0.05, 0) is 38.1 Å². The first-order chi connectivity index (χ1) is 12.3. The Balaban J connectivity index is 1.73. The van der Waals surface area contributed by atoms with Crippen molar-refractivity contribution in [1.29, 1.82) is 0 Å². The van der Waals surface area contributed by atoms with Crippen molar-refractivity contribution in [2.24, 2.45) is 4.99 Å². The second-order valence-corrected chi connectivity index (χ2v) is 7.71. The van der Waals surface area contributed by atoms with E-state index in [-0.39, 0.29) is 4.90 Å². The van der Waals surface area contributed by atoms with Crippen LogP contribution in [0.3, 0.4) is 0 Å². The Morgan fingerprint density at radius 3 is 2.46 bits per heavy atom. The number of aryl methyl sites for hydroxylation is 2. The molecule has 1 aromatic heterocycles. The van der Waals surface area contributed by atoms with Gasteiger partial charge in [0.15, 0.2) is 15.8 Å². The summed E-state index contributed by atoms with van der Waals surface area (Å²) in [5.74, 6) is 2.62. The quantitative estimate of drug-likeness (QED) is 0.425. The maximum Gasteiger partial charge on any atom is 0.214 e. The standard InChI is InChI=1S/C17H24N4O4S/c1-12-13(2)25-16(21-12)11-20-17(18-3)19-9-10-24-14-5-7-15(8-6-14)26(4,22)23/h5-8H,9-11H2,1-4H3,(H2,18,19,20). The van der Waals surface area contributed by atoms with Gasteiger partial charge in [0.25, 0.3) is 0 Å². The fourth-order valence-corrected chi connectivity index (χ4v) is 2.75. The van der Waals surface area contributed by atoms with Crippen LogP contribution in [0.1, 0.15) is 17.3 Å². The average molecular weight is 380 g/mol. The Labute approximate surface area is 153 Å². The molecule has 8 nitrogen and oxygen atoms in total. The van der Waals surface area contributed by atoms with Crippen molar-refractivity contribution >= 4 is 15.8 Å². The molecule has 0 spiro atoms. The van der Waals surface area contributed by atoms with E-state index in [9.17, 15) is 8.42 Å². The second-order valence-electron chi connectivity index (χ2n) is 5.69. The molecule has 0 radical (unpaired) electrons. The van der Waals surface area contributed by atoms with E-state index in [1.54, 1.807) is 19.2 Å². The molecule has 0 saturated heterocycles. The minimum Gasteiger partial charge on any atom is -0.492 e. The lowest BCUT2D eigenvalue weighted by atomic mass is 10.3. The van der Waals surface area contributed by atoms with E-state index in [1.807, 2.05) is 13.8 Å². The molecule has 0 aliphatic carbocycles. The molecule has 0 saturated carbocycles. The molecule has 2 rings (SSSR count). The largest absolute Gasteiger partial charge is 0.492 e. The molecule has 2 aromatic rings. The van der Waals surface area contributed by atoms with Gasteiger partial charge in [-0.2, -0.15) is 0 Å². The van der Waals surface area contributed by atoms with E-state index in [0.29, 0.717) is 37.3 Å². The van der Waals surface area contributed by atoms with Gasteiger partial charge in [0, 0.05) is 13.3 Å². The molecule has 0 bridgehead atoms. The Bertz CT molecular complexity index is 838. The Morgan fingerprint density at radius 1 is 1.23 bits per heavy atom. The molecule has 0 amide bonds. The number of guanidine groups is 1. The van der Waals surface area contributed by atoms with Crippen LogP contribution in [0.15, 0.2) is 38.6 Å². The molecule has 0 fully saturated rings. The van der Waals surface area contributed by atoms with Crippen molar-refractivity contribution in [2.45, 2.75) is 25.3 Å². The Hall–Kier alpha value is -2.55. The van der Waals surface area contributed by atoms with E-state index in [4.69, 9.17) is 9.15 Å². The van der Waals surface area contributed by atoms with E-state index in [0.717, 1.165) is 11.5 Å². The highest BCUT2D eigenvalue weighted by Crippen LogP contribution is 2.15. The zero-order valence-corrected chi connectivity index (χ0v) is 16.2. The highest BCUT2D eigenvalue weighted by Gasteiger charge is 2.07. The number of benzene rings is 1. The smallest absolute Gasteiger partial charge is 0.214 e. The predicted molar refractivity (Wildman–Crippen MR) is 99.2 cm³/mol. The monoisotopic (exact) mass is 380 g/mol. The van der Waals surface area contributed by atoms with Gasteiger partial charge >= 0.3 is 0 Å². The molecule has 1 heterocycles. The van der Waals surface area contributed by atoms with Crippen molar-refractivity contribution in [3.63, 3.8) is 0 Å². The number of oxazole rings is 1. The zero-order valence-electron chi connectivity index (χ0n) is 15.4. The summed E-state index contributed by atoms with van der Waals surface area (Å²) < 4.78 is 33.9. The highest BCUT2D eigenvalue weighted by molar-refractivity contribution is 7.90. The molecule has 0 atom stereocenters. The molecule has 1 aromatic carbocycles. The van der Waals surface area contributed by atoms with Crippen LogP contribution in [0.5, 0.6) is 5.75 Å². The minimum absolute atomic E-state index is 0.268. The van der Waals surface area contributed by atoms with E-state index in [2.05, 4.69) is 20.6 Å². The third kappa shape index (κ3) is 5.76. The molecule has 2 N–H and O–H groups in total. The van der Waals surface area contributed by atoms with Crippen LogP contribution in [-0.2, 0) is 16.4 Å². The van der Waals surface area contributed by atoms with E-state index >= 15 is 0 Å². The van der Waals surface area contributed by atoms with Crippen molar-refractivity contribution in [1.82, 2.24) is 15.6 Å². The molecule has 0 aliphatic heterocycles. The van der Waals surface area contributed by atoms with Gasteiger partial charge in [-0.25, -0.2) is 13.4 Å². The van der Waals surface area contributed by atoms with Crippen molar-refractivity contribution < 1.29 is 17.6 Å². The molecule has 0 unspecified atom stereocenters. The van der Waals surface area contributed by atoms with Crippen LogP contribution in [0, 0.1) is 13.8 Å². The maximum atomic E-state index is 11.4. The lowest BCUT2D eigenvalue weighted by Crippen LogP contribution is -2.38. The van der Waals surface area contributed by atoms with Gasteiger partial charge in [-0.15, -0.1) is 0 Å². The van der Waals surface area contributed by atoms with Gasteiger partial charge in [0.1, 0.15) is 18.1 Å². The van der Waals surface area contributed by atoms with Crippen molar-refractivity contribution in [3.05, 3.63) is 41.6 Å². The second kappa shape index (κ2) is 8.70. The predicted octanol–water partition coefficient (Wildman–Crippen LogP) is 1.44. The van der Waals surface area contributed by atoms with Crippen LogP contribution in [0.4, 0.5) is 0 Å². The first-order valence-corrected chi connectivity index (χ1v) is 9.99. The summed E-state index contributed by atoms with van der Waals surface area (Å²) in [6.45, 7) is 5.13. The van der Waals surface area contributed by atoms with Crippen LogP contribution in [-0.4, -0.2) is 45.8 Å². The first-order valence-electron chi connectivity index (χ1n) is 8.10. The van der Waals surface area contributed by atoms with Crippen LogP contribution in [0.2, 0.25) is 0 Å². The molecule has 0 aliphatic rings. The molecular formula is C17H24N4O4S. The summed E-state index contributed by atoms with van der Waals surface area (Å²) in [7, 11) is -1.52. The highest BCUT2D eigenvalue weighted by atomic mass is 32.2. The molecular weight excluding hydrogens is 356 g/mol. The number of ether oxygens (including phenoxy) is 1. The SMILES string of the molecule is CN=C(NCCOc1ccc(S(C)(=O)=O)cc1)NCc1nc(C)c(C)o1. The lowest BCUT2D eigenvalue weighted by molar-refractivity contribution is 0.321. The number of aromatic nitrogens is 1. The summed E-state index contributed by atoms with van der Waals surface area (Å²) in [4.78, 5) is 8.68. The summed E-state index contributed by atoms with van der Waals surface area (Å²) in [5.41, 5.74) is 0.875. The number of nitrogens with one attached hydrogen (secondary N) is 2. The molecule has 26 heavy (non-hydrogen) atoms. The summed E-state index contributed by atoms with van der Waals surface area (Å²) >= 11 is 0. The number of sulfone groups is 1. The number of hydrogen-bond acceptors (Lipinski definition) is 6. The normalized spacial score (nSPS) is 12.1. The maximum absolute atomic E-state index is 11.4. The van der Waals surface area contributed by atoms with Gasteiger partial charge in [-0.1, -0.05) is 0 Å². The zero-order chi connectivity index (χ0) is 19.2. The third-order valence-electron chi connectivity index (χ3n) is 3.62. The van der Waals surface area contributed by atoms with Gasteiger partial charge in [-0.3, -0.25) is 4.99 Å².